The van der Waals surface area contributed by atoms with Gasteiger partial charge in [0, 0.05) is 13.6 Å². The van der Waals surface area contributed by atoms with Crippen molar-refractivity contribution in [2.75, 3.05) is 20.8 Å². The Bertz CT molecular complexity index is 1120. The van der Waals surface area contributed by atoms with E-state index in [1.54, 1.807) is 13.0 Å². The Morgan fingerprint density at radius 3 is 2.53 bits per heavy atom. The fourth-order valence-electron chi connectivity index (χ4n) is 3.13. The molecule has 0 N–H and O–H groups in total. The molecule has 7 nitrogen and oxygen atoms in total. The first-order chi connectivity index (χ1) is 15.3. The minimum absolute atomic E-state index is 0.121. The average molecular weight is 460 g/mol. The average Bonchev–Trinajstić information content (AvgIpc) is 3.05. The molecule has 0 fully saturated rings. The molecule has 0 aliphatic carbocycles. The van der Waals surface area contributed by atoms with Crippen LogP contribution in [-0.4, -0.2) is 47.3 Å². The van der Waals surface area contributed by atoms with E-state index < -0.39 is 24.3 Å². The van der Waals surface area contributed by atoms with Gasteiger partial charge in [-0.15, -0.1) is 0 Å². The number of aromatic nitrogens is 2. The summed E-state index contributed by atoms with van der Waals surface area (Å²) < 4.78 is 25.4. The number of amides is 1. The summed E-state index contributed by atoms with van der Waals surface area (Å²) in [7, 11) is 2.91. The number of hydrogen-bond acceptors (Lipinski definition) is 5. The number of carbonyl (C=O) groups excluding carboxylic acids is 2. The minimum atomic E-state index is -0.732. The first-order valence-electron chi connectivity index (χ1n) is 9.80. The number of aryl methyl sites for hydroxylation is 1. The van der Waals surface area contributed by atoms with E-state index in [1.807, 2.05) is 30.3 Å². The van der Waals surface area contributed by atoms with Crippen LogP contribution in [0.2, 0.25) is 5.15 Å². The number of methoxy groups -OCH3 is 1. The molecule has 0 bridgehead atoms. The summed E-state index contributed by atoms with van der Waals surface area (Å²) in [5, 5.41) is 4.45. The quantitative estimate of drug-likeness (QED) is 0.478. The third-order valence-electron chi connectivity index (χ3n) is 4.83. The summed E-state index contributed by atoms with van der Waals surface area (Å²) in [6.45, 7) is 1.71. The molecule has 1 amide bonds. The Kier molecular flexibility index (Phi) is 7.48. The SMILES string of the molecule is COc1ccc(CN(C)C(=O)COC(=O)c2c(C)nn(Cc3ccccc3)c2Cl)cc1F. The van der Waals surface area contributed by atoms with E-state index in [0.717, 1.165) is 5.56 Å². The second kappa shape index (κ2) is 10.3. The molecular formula is C23H23ClFN3O4. The van der Waals surface area contributed by atoms with Gasteiger partial charge in [0.25, 0.3) is 5.91 Å². The van der Waals surface area contributed by atoms with Crippen LogP contribution in [0.5, 0.6) is 5.75 Å². The number of esters is 1. The van der Waals surface area contributed by atoms with E-state index in [4.69, 9.17) is 21.1 Å². The van der Waals surface area contributed by atoms with Crippen molar-refractivity contribution in [1.29, 1.82) is 0 Å². The van der Waals surface area contributed by atoms with Crippen LogP contribution in [0.15, 0.2) is 48.5 Å². The maximum Gasteiger partial charge on any atom is 0.343 e. The monoisotopic (exact) mass is 459 g/mol. The highest BCUT2D eigenvalue weighted by Gasteiger charge is 2.23. The fraction of sp³-hybridized carbons (Fsp3) is 0.261. The summed E-state index contributed by atoms with van der Waals surface area (Å²) in [4.78, 5) is 26.3. The van der Waals surface area contributed by atoms with Crippen molar-refractivity contribution in [1.82, 2.24) is 14.7 Å². The van der Waals surface area contributed by atoms with E-state index in [2.05, 4.69) is 5.10 Å². The Labute approximate surface area is 190 Å². The van der Waals surface area contributed by atoms with Crippen molar-refractivity contribution >= 4 is 23.5 Å². The van der Waals surface area contributed by atoms with Gasteiger partial charge in [-0.05, 0) is 30.2 Å². The normalized spacial score (nSPS) is 10.7. The molecule has 1 aromatic heterocycles. The lowest BCUT2D eigenvalue weighted by Gasteiger charge is -2.17. The molecule has 0 spiro atoms. The van der Waals surface area contributed by atoms with Gasteiger partial charge in [-0.2, -0.15) is 5.10 Å². The number of carbonyl (C=O) groups is 2. The van der Waals surface area contributed by atoms with Crippen LogP contribution < -0.4 is 4.74 Å². The summed E-state index contributed by atoms with van der Waals surface area (Å²) in [5.74, 6) is -1.57. The van der Waals surface area contributed by atoms with E-state index >= 15 is 0 Å². The lowest BCUT2D eigenvalue weighted by Crippen LogP contribution is -2.31. The van der Waals surface area contributed by atoms with Crippen molar-refractivity contribution < 1.29 is 23.5 Å². The van der Waals surface area contributed by atoms with Crippen LogP contribution >= 0.6 is 11.6 Å². The third kappa shape index (κ3) is 5.45. The van der Waals surface area contributed by atoms with Crippen molar-refractivity contribution in [2.24, 2.45) is 0 Å². The molecular weight excluding hydrogens is 437 g/mol. The number of rotatable bonds is 8. The molecule has 1 heterocycles. The molecule has 2 aromatic carbocycles. The lowest BCUT2D eigenvalue weighted by molar-refractivity contribution is -0.133. The van der Waals surface area contributed by atoms with Crippen molar-refractivity contribution in [3.8, 4) is 5.75 Å². The van der Waals surface area contributed by atoms with Crippen molar-refractivity contribution in [3.05, 3.63) is 81.9 Å². The Balaban J connectivity index is 1.60. The summed E-state index contributed by atoms with van der Waals surface area (Å²) >= 11 is 6.36. The van der Waals surface area contributed by atoms with Gasteiger partial charge in [0.05, 0.1) is 19.3 Å². The molecule has 0 unspecified atom stereocenters. The van der Waals surface area contributed by atoms with Gasteiger partial charge in [-0.25, -0.2) is 13.9 Å². The zero-order valence-electron chi connectivity index (χ0n) is 18.0. The second-order valence-electron chi connectivity index (χ2n) is 7.19. The Morgan fingerprint density at radius 1 is 1.16 bits per heavy atom. The summed E-state index contributed by atoms with van der Waals surface area (Å²) in [5.41, 5.74) is 2.08. The van der Waals surface area contributed by atoms with E-state index in [9.17, 15) is 14.0 Å². The maximum absolute atomic E-state index is 13.8. The molecule has 168 valence electrons. The number of benzene rings is 2. The zero-order chi connectivity index (χ0) is 23.3. The predicted molar refractivity (Wildman–Crippen MR) is 117 cm³/mol. The smallest absolute Gasteiger partial charge is 0.343 e. The van der Waals surface area contributed by atoms with Crippen LogP contribution in [0.1, 0.15) is 27.2 Å². The molecule has 0 saturated carbocycles. The van der Waals surface area contributed by atoms with E-state index in [0.29, 0.717) is 17.8 Å². The molecule has 0 saturated heterocycles. The molecule has 0 atom stereocenters. The summed E-state index contributed by atoms with van der Waals surface area (Å²) in [6, 6.07) is 14.0. The standard InChI is InChI=1S/C23H23ClFN3O4/c1-15-21(22(24)28(26-15)13-16-7-5-4-6-8-16)23(30)32-14-20(29)27(2)12-17-9-10-19(31-3)18(25)11-17/h4-11H,12-14H2,1-3H3. The zero-order valence-corrected chi connectivity index (χ0v) is 18.7. The molecule has 3 rings (SSSR count). The number of likely N-dealkylation sites (N-methyl/N-ethyl adjacent to an activating group) is 1. The van der Waals surface area contributed by atoms with Crippen molar-refractivity contribution in [2.45, 2.75) is 20.0 Å². The van der Waals surface area contributed by atoms with Gasteiger partial charge in [0.1, 0.15) is 10.7 Å². The maximum atomic E-state index is 13.8. The van der Waals surface area contributed by atoms with Crippen LogP contribution in [0.25, 0.3) is 0 Å². The van der Waals surface area contributed by atoms with Crippen LogP contribution in [0.3, 0.4) is 0 Å². The Morgan fingerprint density at radius 2 is 1.88 bits per heavy atom. The van der Waals surface area contributed by atoms with E-state index in [-0.39, 0.29) is 23.0 Å². The molecule has 32 heavy (non-hydrogen) atoms. The molecule has 0 aliphatic heterocycles. The fourth-order valence-corrected chi connectivity index (χ4v) is 3.44. The van der Waals surface area contributed by atoms with Crippen LogP contribution in [0, 0.1) is 12.7 Å². The van der Waals surface area contributed by atoms with Gasteiger partial charge in [-0.1, -0.05) is 48.0 Å². The van der Waals surface area contributed by atoms with E-state index in [1.165, 1.54) is 35.9 Å². The topological polar surface area (TPSA) is 73.7 Å². The minimum Gasteiger partial charge on any atom is -0.494 e. The largest absolute Gasteiger partial charge is 0.494 e. The molecule has 9 heteroatoms. The highest BCUT2D eigenvalue weighted by atomic mass is 35.5. The number of hydrogen-bond donors (Lipinski definition) is 0. The molecule has 3 aromatic rings. The van der Waals surface area contributed by atoms with Gasteiger partial charge in [0.2, 0.25) is 0 Å². The summed E-state index contributed by atoms with van der Waals surface area (Å²) in [6.07, 6.45) is 0. The van der Waals surface area contributed by atoms with Crippen LogP contribution in [0.4, 0.5) is 4.39 Å². The van der Waals surface area contributed by atoms with Crippen LogP contribution in [-0.2, 0) is 22.6 Å². The first-order valence-corrected chi connectivity index (χ1v) is 10.2. The first kappa shape index (κ1) is 23.3. The lowest BCUT2D eigenvalue weighted by atomic mass is 10.2. The van der Waals surface area contributed by atoms with Gasteiger partial charge < -0.3 is 14.4 Å². The van der Waals surface area contributed by atoms with Gasteiger partial charge >= 0.3 is 5.97 Å². The van der Waals surface area contributed by atoms with Gasteiger partial charge in [-0.3, -0.25) is 4.79 Å². The second-order valence-corrected chi connectivity index (χ2v) is 7.55. The highest BCUT2D eigenvalue weighted by Crippen LogP contribution is 2.22. The third-order valence-corrected chi connectivity index (χ3v) is 5.22. The molecule has 0 radical (unpaired) electrons. The highest BCUT2D eigenvalue weighted by molar-refractivity contribution is 6.32. The predicted octanol–water partition coefficient (Wildman–Crippen LogP) is 3.86. The molecule has 0 aliphatic rings. The Hall–Kier alpha value is -3.39. The number of ether oxygens (including phenoxy) is 2. The number of nitrogens with zero attached hydrogens (tertiary/aromatic N) is 3. The number of halogens is 2. The van der Waals surface area contributed by atoms with Crippen molar-refractivity contribution in [3.63, 3.8) is 0 Å². The van der Waals surface area contributed by atoms with Gasteiger partial charge in [0.15, 0.2) is 18.2 Å².